The van der Waals surface area contributed by atoms with Gasteiger partial charge in [-0.05, 0) is 6.92 Å². The molecule has 2 N–H and O–H groups in total. The van der Waals surface area contributed by atoms with Crippen molar-refractivity contribution in [1.29, 1.82) is 5.41 Å². The normalized spacial score (nSPS) is 9.27. The zero-order valence-electron chi connectivity index (χ0n) is 7.82. The molecule has 0 amide bonds. The molecule has 15 heavy (non-hydrogen) atoms. The molecule has 1 aromatic rings. The maximum absolute atomic E-state index is 11.5. The van der Waals surface area contributed by atoms with E-state index >= 15 is 0 Å². The zero-order chi connectivity index (χ0) is 10.7. The molecule has 0 spiro atoms. The van der Waals surface area contributed by atoms with Crippen molar-refractivity contribution in [2.75, 3.05) is 5.32 Å². The molecule has 0 unspecified atom stereocenters. The van der Waals surface area contributed by atoms with Crippen molar-refractivity contribution >= 4 is 47.6 Å². The molecule has 84 valence electrons. The molecule has 0 saturated heterocycles. The van der Waals surface area contributed by atoms with Crippen LogP contribution in [0.25, 0.3) is 0 Å². The summed E-state index contributed by atoms with van der Waals surface area (Å²) in [4.78, 5) is 15.3. The van der Waals surface area contributed by atoms with Crippen LogP contribution in [0.3, 0.4) is 0 Å². The van der Waals surface area contributed by atoms with E-state index in [9.17, 15) is 4.79 Å². The number of thiol groups is 1. The molecule has 8 heteroatoms. The van der Waals surface area contributed by atoms with Gasteiger partial charge in [0.2, 0.25) is 0 Å². The second-order valence-corrected chi connectivity index (χ2v) is 3.31. The summed E-state index contributed by atoms with van der Waals surface area (Å²) >= 11 is 9.37. The first-order valence-corrected chi connectivity index (χ1v) is 4.68. The predicted molar refractivity (Wildman–Crippen MR) is 66.8 cm³/mol. The molecular weight excluding hydrogens is 259 g/mol. The fraction of sp³-hybridized carbons (Fsp3) is 0.286. The SMILES string of the molecule is CCn1cc(Cl)nc(NC(=N)S)c1=O.Cl. The Morgan fingerprint density at radius 1 is 1.80 bits per heavy atom. The summed E-state index contributed by atoms with van der Waals surface area (Å²) < 4.78 is 1.40. The molecular formula is C7H10Cl2N4OS. The van der Waals surface area contributed by atoms with E-state index in [0.717, 1.165) is 0 Å². The highest BCUT2D eigenvalue weighted by Gasteiger charge is 2.06. The van der Waals surface area contributed by atoms with Crippen LogP contribution in [0.5, 0.6) is 0 Å². The van der Waals surface area contributed by atoms with Gasteiger partial charge in [0.25, 0.3) is 5.56 Å². The molecule has 1 heterocycles. The second kappa shape index (κ2) is 5.99. The lowest BCUT2D eigenvalue weighted by Gasteiger charge is -2.06. The third-order valence-corrected chi connectivity index (χ3v) is 1.82. The summed E-state index contributed by atoms with van der Waals surface area (Å²) in [6, 6.07) is 0. The van der Waals surface area contributed by atoms with Crippen LogP contribution in [-0.2, 0) is 6.54 Å². The Kier molecular flexibility index (Phi) is 5.71. The monoisotopic (exact) mass is 268 g/mol. The maximum atomic E-state index is 11.5. The highest BCUT2D eigenvalue weighted by molar-refractivity contribution is 7.97. The van der Waals surface area contributed by atoms with Gasteiger partial charge in [-0.15, -0.1) is 25.0 Å². The topological polar surface area (TPSA) is 70.8 Å². The van der Waals surface area contributed by atoms with Crippen LogP contribution in [0.15, 0.2) is 11.0 Å². The third kappa shape index (κ3) is 3.73. The Bertz CT molecular complexity index is 420. The summed E-state index contributed by atoms with van der Waals surface area (Å²) in [5, 5.41) is 9.50. The van der Waals surface area contributed by atoms with E-state index < -0.39 is 0 Å². The minimum atomic E-state index is -0.323. The number of aryl methyl sites for hydroxylation is 1. The van der Waals surface area contributed by atoms with Gasteiger partial charge >= 0.3 is 0 Å². The van der Waals surface area contributed by atoms with Crippen LogP contribution < -0.4 is 10.9 Å². The number of aromatic nitrogens is 2. The van der Waals surface area contributed by atoms with Crippen LogP contribution in [0.4, 0.5) is 5.82 Å². The summed E-state index contributed by atoms with van der Waals surface area (Å²) in [7, 11) is 0. The van der Waals surface area contributed by atoms with Crippen molar-refractivity contribution in [1.82, 2.24) is 9.55 Å². The van der Waals surface area contributed by atoms with Gasteiger partial charge in [0, 0.05) is 12.7 Å². The molecule has 0 aliphatic heterocycles. The van der Waals surface area contributed by atoms with Crippen LogP contribution in [0.1, 0.15) is 6.92 Å². The molecule has 5 nitrogen and oxygen atoms in total. The van der Waals surface area contributed by atoms with Crippen LogP contribution in [-0.4, -0.2) is 14.7 Å². The van der Waals surface area contributed by atoms with E-state index in [4.69, 9.17) is 17.0 Å². The summed E-state index contributed by atoms with van der Waals surface area (Å²) in [6.45, 7) is 2.31. The molecule has 1 aromatic heterocycles. The predicted octanol–water partition coefficient (Wildman–Crippen LogP) is 1.61. The van der Waals surface area contributed by atoms with Crippen LogP contribution in [0.2, 0.25) is 5.15 Å². The Hall–Kier alpha value is -0.720. The lowest BCUT2D eigenvalue weighted by Crippen LogP contribution is -2.25. The number of anilines is 1. The highest BCUT2D eigenvalue weighted by atomic mass is 35.5. The smallest absolute Gasteiger partial charge is 0.293 e. The van der Waals surface area contributed by atoms with Crippen molar-refractivity contribution in [3.8, 4) is 0 Å². The Morgan fingerprint density at radius 2 is 2.40 bits per heavy atom. The highest BCUT2D eigenvalue weighted by Crippen LogP contribution is 2.05. The van der Waals surface area contributed by atoms with E-state index in [0.29, 0.717) is 6.54 Å². The van der Waals surface area contributed by atoms with Crippen molar-refractivity contribution < 1.29 is 0 Å². The van der Waals surface area contributed by atoms with E-state index in [1.807, 2.05) is 6.92 Å². The van der Waals surface area contributed by atoms with E-state index in [2.05, 4.69) is 22.9 Å². The first kappa shape index (κ1) is 14.3. The van der Waals surface area contributed by atoms with Crippen molar-refractivity contribution in [3.05, 3.63) is 21.7 Å². The molecule has 0 radical (unpaired) electrons. The van der Waals surface area contributed by atoms with Gasteiger partial charge in [0.15, 0.2) is 11.0 Å². The molecule has 0 aliphatic carbocycles. The summed E-state index contributed by atoms with van der Waals surface area (Å²) in [5.74, 6) is 0.0133. The van der Waals surface area contributed by atoms with Gasteiger partial charge < -0.3 is 9.88 Å². The molecule has 0 atom stereocenters. The number of nitrogens with one attached hydrogen (secondary N) is 2. The van der Waals surface area contributed by atoms with Crippen molar-refractivity contribution in [3.63, 3.8) is 0 Å². The minimum Gasteiger partial charge on any atom is -0.315 e. The lowest BCUT2D eigenvalue weighted by atomic mass is 10.5. The molecule has 0 aliphatic rings. The Labute approximate surface area is 103 Å². The largest absolute Gasteiger partial charge is 0.315 e. The number of hydrogen-bond acceptors (Lipinski definition) is 3. The fourth-order valence-corrected chi connectivity index (χ4v) is 1.24. The van der Waals surface area contributed by atoms with Crippen LogP contribution in [0, 0.1) is 5.41 Å². The molecule has 0 saturated carbocycles. The summed E-state index contributed by atoms with van der Waals surface area (Å²) in [5.41, 5.74) is -0.323. The van der Waals surface area contributed by atoms with Gasteiger partial charge in [-0.25, -0.2) is 4.98 Å². The lowest BCUT2D eigenvalue weighted by molar-refractivity contribution is 0.721. The van der Waals surface area contributed by atoms with Gasteiger partial charge in [0.05, 0.1) is 0 Å². The minimum absolute atomic E-state index is 0. The average Bonchev–Trinajstić information content (AvgIpc) is 2.09. The zero-order valence-corrected chi connectivity index (χ0v) is 10.3. The quantitative estimate of drug-likeness (QED) is 0.434. The van der Waals surface area contributed by atoms with E-state index in [1.54, 1.807) is 0 Å². The number of hydrogen-bond donors (Lipinski definition) is 3. The number of amidine groups is 1. The summed E-state index contributed by atoms with van der Waals surface area (Å²) in [6.07, 6.45) is 1.44. The Balaban J connectivity index is 0.00000196. The molecule has 1 rings (SSSR count). The van der Waals surface area contributed by atoms with Gasteiger partial charge in [0.1, 0.15) is 5.15 Å². The standard InChI is InChI=1S/C7H9ClN4OS.ClH/c1-2-12-3-4(8)10-5(6(12)13)11-7(9)14;/h3H,2H2,1H3,(H3,9,10,11,14);1H. The third-order valence-electron chi connectivity index (χ3n) is 1.52. The van der Waals surface area contributed by atoms with E-state index in [-0.39, 0.29) is 34.1 Å². The first-order valence-electron chi connectivity index (χ1n) is 3.86. The maximum Gasteiger partial charge on any atom is 0.293 e. The number of halogens is 2. The van der Waals surface area contributed by atoms with Gasteiger partial charge in [-0.2, -0.15) is 0 Å². The average molecular weight is 269 g/mol. The van der Waals surface area contributed by atoms with Crippen molar-refractivity contribution in [2.24, 2.45) is 0 Å². The second-order valence-electron chi connectivity index (χ2n) is 2.48. The van der Waals surface area contributed by atoms with E-state index in [1.165, 1.54) is 10.8 Å². The van der Waals surface area contributed by atoms with Crippen molar-refractivity contribution in [2.45, 2.75) is 13.5 Å². The van der Waals surface area contributed by atoms with Gasteiger partial charge in [-0.3, -0.25) is 10.2 Å². The molecule has 0 aromatic carbocycles. The molecule has 0 fully saturated rings. The van der Waals surface area contributed by atoms with Gasteiger partial charge in [-0.1, -0.05) is 11.6 Å². The fourth-order valence-electron chi connectivity index (χ4n) is 0.935. The number of nitrogens with zero attached hydrogens (tertiary/aromatic N) is 2. The van der Waals surface area contributed by atoms with Crippen LogP contribution >= 0.6 is 36.6 Å². The number of rotatable bonds is 2. The molecule has 0 bridgehead atoms. The Morgan fingerprint density at radius 3 is 2.87 bits per heavy atom. The first-order chi connectivity index (χ1) is 6.54.